The van der Waals surface area contributed by atoms with Crippen LogP contribution in [0.3, 0.4) is 0 Å². The standard InChI is InChI=1S/C24H23N7O/c1-15-21(14-28(2)27-15)31-23-18-11-16(17-6-8-22(26-12-17)30-9-4-10-30)5-7-19(18)25-13-20(23)29(3)24(31)32/h5-8,11-14H,4,9-10H2,1-3H3. The van der Waals surface area contributed by atoms with Crippen molar-refractivity contribution in [2.45, 2.75) is 13.3 Å². The summed E-state index contributed by atoms with van der Waals surface area (Å²) in [4.78, 5) is 24.8. The van der Waals surface area contributed by atoms with E-state index in [0.29, 0.717) is 0 Å². The first-order valence-corrected chi connectivity index (χ1v) is 10.7. The van der Waals surface area contributed by atoms with Gasteiger partial charge in [-0.15, -0.1) is 0 Å². The number of hydrogen-bond donors (Lipinski definition) is 0. The zero-order valence-electron chi connectivity index (χ0n) is 18.3. The van der Waals surface area contributed by atoms with Gasteiger partial charge in [0, 0.05) is 50.5 Å². The van der Waals surface area contributed by atoms with E-state index in [-0.39, 0.29) is 5.69 Å². The Hall–Kier alpha value is -3.94. The molecule has 1 saturated heterocycles. The van der Waals surface area contributed by atoms with Crippen LogP contribution in [0.1, 0.15) is 12.1 Å². The maximum atomic E-state index is 13.2. The SMILES string of the molecule is Cc1nn(C)cc1-n1c(=O)n(C)c2cnc3ccc(-c4ccc(N5CCC5)nc4)cc3c21. The summed E-state index contributed by atoms with van der Waals surface area (Å²) in [7, 11) is 3.64. The molecular formula is C24H23N7O. The second kappa shape index (κ2) is 6.78. The minimum absolute atomic E-state index is 0.114. The molecule has 5 heterocycles. The Morgan fingerprint density at radius 2 is 1.78 bits per heavy atom. The van der Waals surface area contributed by atoms with E-state index in [1.54, 1.807) is 27.1 Å². The Morgan fingerprint density at radius 3 is 2.44 bits per heavy atom. The minimum atomic E-state index is -0.114. The lowest BCUT2D eigenvalue weighted by Gasteiger charge is -2.31. The molecule has 0 spiro atoms. The first-order chi connectivity index (χ1) is 15.5. The summed E-state index contributed by atoms with van der Waals surface area (Å²) in [6.07, 6.45) is 6.80. The molecule has 160 valence electrons. The van der Waals surface area contributed by atoms with E-state index in [2.05, 4.69) is 44.2 Å². The van der Waals surface area contributed by atoms with Crippen molar-refractivity contribution >= 4 is 27.8 Å². The zero-order chi connectivity index (χ0) is 22.0. The van der Waals surface area contributed by atoms with E-state index in [4.69, 9.17) is 0 Å². The van der Waals surface area contributed by atoms with Crippen LogP contribution in [0.2, 0.25) is 0 Å². The molecule has 0 saturated carbocycles. The Morgan fingerprint density at radius 1 is 0.969 bits per heavy atom. The van der Waals surface area contributed by atoms with Gasteiger partial charge in [0.25, 0.3) is 0 Å². The van der Waals surface area contributed by atoms with Crippen LogP contribution >= 0.6 is 0 Å². The van der Waals surface area contributed by atoms with Gasteiger partial charge in [-0.1, -0.05) is 6.07 Å². The number of anilines is 1. The van der Waals surface area contributed by atoms with Crippen molar-refractivity contribution in [1.82, 2.24) is 28.9 Å². The number of rotatable bonds is 3. The summed E-state index contributed by atoms with van der Waals surface area (Å²) in [5, 5.41) is 5.37. The van der Waals surface area contributed by atoms with Gasteiger partial charge in [-0.25, -0.2) is 9.78 Å². The van der Waals surface area contributed by atoms with E-state index in [0.717, 1.165) is 63.4 Å². The predicted octanol–water partition coefficient (Wildman–Crippen LogP) is 3.19. The molecule has 6 rings (SSSR count). The lowest BCUT2D eigenvalue weighted by molar-refractivity contribution is 0.610. The molecule has 4 aromatic heterocycles. The summed E-state index contributed by atoms with van der Waals surface area (Å²) < 4.78 is 5.12. The normalized spacial score (nSPS) is 13.8. The summed E-state index contributed by atoms with van der Waals surface area (Å²) >= 11 is 0. The molecule has 5 aromatic rings. The van der Waals surface area contributed by atoms with Crippen molar-refractivity contribution < 1.29 is 0 Å². The molecule has 1 aromatic carbocycles. The number of pyridine rings is 2. The van der Waals surface area contributed by atoms with Crippen LogP contribution in [-0.2, 0) is 14.1 Å². The van der Waals surface area contributed by atoms with Gasteiger partial charge in [-0.3, -0.25) is 18.8 Å². The quantitative estimate of drug-likeness (QED) is 0.444. The number of fused-ring (bicyclic) bond motifs is 3. The van der Waals surface area contributed by atoms with Crippen molar-refractivity contribution in [3.63, 3.8) is 0 Å². The molecule has 0 amide bonds. The van der Waals surface area contributed by atoms with Gasteiger partial charge in [0.1, 0.15) is 5.82 Å². The van der Waals surface area contributed by atoms with Crippen LogP contribution in [0, 0.1) is 6.92 Å². The van der Waals surface area contributed by atoms with Crippen LogP contribution in [0.5, 0.6) is 0 Å². The number of hydrogen-bond acceptors (Lipinski definition) is 5. The van der Waals surface area contributed by atoms with Crippen LogP contribution in [0.4, 0.5) is 5.82 Å². The van der Waals surface area contributed by atoms with E-state index < -0.39 is 0 Å². The molecule has 0 radical (unpaired) electrons. The molecule has 0 unspecified atom stereocenters. The van der Waals surface area contributed by atoms with E-state index in [9.17, 15) is 4.79 Å². The molecular weight excluding hydrogens is 402 g/mol. The summed E-state index contributed by atoms with van der Waals surface area (Å²) in [5.41, 5.74) is 6.01. The monoisotopic (exact) mass is 425 g/mol. The second-order valence-corrected chi connectivity index (χ2v) is 8.42. The van der Waals surface area contributed by atoms with E-state index in [1.165, 1.54) is 6.42 Å². The summed E-state index contributed by atoms with van der Waals surface area (Å²) in [5.74, 6) is 1.02. The van der Waals surface area contributed by atoms with Crippen molar-refractivity contribution in [1.29, 1.82) is 0 Å². The van der Waals surface area contributed by atoms with Gasteiger partial charge < -0.3 is 4.90 Å². The lowest BCUT2D eigenvalue weighted by atomic mass is 10.0. The molecule has 0 bridgehead atoms. The fraction of sp³-hybridized carbons (Fsp3) is 0.250. The Balaban J connectivity index is 1.58. The third-order valence-corrected chi connectivity index (χ3v) is 6.37. The fourth-order valence-corrected chi connectivity index (χ4v) is 4.50. The molecule has 1 fully saturated rings. The number of benzene rings is 1. The molecule has 0 N–H and O–H groups in total. The number of nitrogens with zero attached hydrogens (tertiary/aromatic N) is 7. The van der Waals surface area contributed by atoms with Gasteiger partial charge in [0.2, 0.25) is 0 Å². The van der Waals surface area contributed by atoms with Gasteiger partial charge in [-0.2, -0.15) is 5.10 Å². The van der Waals surface area contributed by atoms with E-state index in [1.807, 2.05) is 32.4 Å². The Kier molecular flexibility index (Phi) is 3.98. The Bertz CT molecular complexity index is 1550. The second-order valence-electron chi connectivity index (χ2n) is 8.42. The highest BCUT2D eigenvalue weighted by Gasteiger charge is 2.19. The maximum Gasteiger partial charge on any atom is 0.333 e. The molecule has 0 atom stereocenters. The van der Waals surface area contributed by atoms with Crippen LogP contribution < -0.4 is 10.6 Å². The molecule has 32 heavy (non-hydrogen) atoms. The highest BCUT2D eigenvalue weighted by molar-refractivity contribution is 6.04. The smallest absolute Gasteiger partial charge is 0.333 e. The van der Waals surface area contributed by atoms with Gasteiger partial charge >= 0.3 is 5.69 Å². The molecule has 1 aliphatic rings. The average Bonchev–Trinajstić information content (AvgIpc) is 3.22. The zero-order valence-corrected chi connectivity index (χ0v) is 18.3. The minimum Gasteiger partial charge on any atom is -0.356 e. The predicted molar refractivity (Wildman–Crippen MR) is 125 cm³/mol. The molecule has 8 heteroatoms. The summed E-state index contributed by atoms with van der Waals surface area (Å²) in [6.45, 7) is 4.07. The molecule has 0 aliphatic carbocycles. The lowest BCUT2D eigenvalue weighted by Crippen LogP contribution is -2.37. The van der Waals surface area contributed by atoms with Crippen LogP contribution in [-0.4, -0.2) is 42.0 Å². The van der Waals surface area contributed by atoms with Gasteiger partial charge in [0.15, 0.2) is 0 Å². The van der Waals surface area contributed by atoms with Gasteiger partial charge in [-0.05, 0) is 43.2 Å². The largest absolute Gasteiger partial charge is 0.356 e. The number of aromatic nitrogens is 6. The highest BCUT2D eigenvalue weighted by Crippen LogP contribution is 2.30. The van der Waals surface area contributed by atoms with Crippen LogP contribution in [0.15, 0.2) is 53.7 Å². The molecule has 1 aliphatic heterocycles. The van der Waals surface area contributed by atoms with Crippen LogP contribution in [0.25, 0.3) is 38.8 Å². The van der Waals surface area contributed by atoms with Crippen molar-refractivity contribution in [2.75, 3.05) is 18.0 Å². The first-order valence-electron chi connectivity index (χ1n) is 10.7. The third-order valence-electron chi connectivity index (χ3n) is 6.37. The molecule has 8 nitrogen and oxygen atoms in total. The third kappa shape index (κ3) is 2.69. The number of imidazole rings is 1. The maximum absolute atomic E-state index is 13.2. The number of aryl methyl sites for hydroxylation is 3. The van der Waals surface area contributed by atoms with E-state index >= 15 is 0 Å². The topological polar surface area (TPSA) is 73.8 Å². The highest BCUT2D eigenvalue weighted by atomic mass is 16.1. The summed E-state index contributed by atoms with van der Waals surface area (Å²) in [6, 6.07) is 10.4. The fourth-order valence-electron chi connectivity index (χ4n) is 4.50. The van der Waals surface area contributed by atoms with Gasteiger partial charge in [0.05, 0.1) is 34.1 Å². The van der Waals surface area contributed by atoms with Crippen molar-refractivity contribution in [3.8, 4) is 16.8 Å². The van der Waals surface area contributed by atoms with Crippen molar-refractivity contribution in [3.05, 3.63) is 65.1 Å². The first kappa shape index (κ1) is 18.8. The average molecular weight is 425 g/mol. The van der Waals surface area contributed by atoms with Crippen molar-refractivity contribution in [2.24, 2.45) is 14.1 Å². The Labute approximate surface area is 184 Å².